The third-order valence-corrected chi connectivity index (χ3v) is 5.08. The summed E-state index contributed by atoms with van der Waals surface area (Å²) in [6, 6.07) is 3.36. The van der Waals surface area contributed by atoms with Gasteiger partial charge in [-0.1, -0.05) is 22.4 Å². The van der Waals surface area contributed by atoms with Gasteiger partial charge >= 0.3 is 0 Å². The van der Waals surface area contributed by atoms with E-state index in [-0.39, 0.29) is 17.0 Å². The lowest BCUT2D eigenvalue weighted by molar-refractivity contribution is 0.514. The molecule has 100 valence electrons. The maximum atomic E-state index is 13.6. The average Bonchev–Trinajstić information content (AvgIpc) is 2.63. The lowest BCUT2D eigenvalue weighted by atomic mass is 10.2. The van der Waals surface area contributed by atoms with Crippen molar-refractivity contribution in [2.24, 2.45) is 5.73 Å². The maximum absolute atomic E-state index is 13.6. The van der Waals surface area contributed by atoms with E-state index in [1.165, 1.54) is 12.1 Å². The topological polar surface area (TPSA) is 72.2 Å². The van der Waals surface area contributed by atoms with Gasteiger partial charge in [0.1, 0.15) is 10.7 Å². The molecule has 2 atom stereocenters. The van der Waals surface area contributed by atoms with Gasteiger partial charge in [0.25, 0.3) is 0 Å². The van der Waals surface area contributed by atoms with E-state index in [1.54, 1.807) is 0 Å². The van der Waals surface area contributed by atoms with Crippen LogP contribution in [0.4, 0.5) is 4.39 Å². The van der Waals surface area contributed by atoms with E-state index in [0.717, 1.165) is 18.9 Å². The van der Waals surface area contributed by atoms with Crippen LogP contribution in [0.2, 0.25) is 0 Å². The molecule has 1 aromatic carbocycles. The zero-order valence-corrected chi connectivity index (χ0v) is 12.0. The summed E-state index contributed by atoms with van der Waals surface area (Å²) in [6.45, 7) is 0. The van der Waals surface area contributed by atoms with Crippen molar-refractivity contribution in [2.45, 2.75) is 36.2 Å². The minimum atomic E-state index is -3.85. The average molecular weight is 337 g/mol. The van der Waals surface area contributed by atoms with Gasteiger partial charge in [-0.2, -0.15) is 0 Å². The van der Waals surface area contributed by atoms with Crippen molar-refractivity contribution in [3.63, 3.8) is 0 Å². The highest BCUT2D eigenvalue weighted by molar-refractivity contribution is 9.10. The highest BCUT2D eigenvalue weighted by Crippen LogP contribution is 2.22. The van der Waals surface area contributed by atoms with Crippen LogP contribution in [0.5, 0.6) is 0 Å². The molecule has 4 nitrogen and oxygen atoms in total. The van der Waals surface area contributed by atoms with Gasteiger partial charge in [-0.15, -0.1) is 0 Å². The fourth-order valence-corrected chi connectivity index (χ4v) is 3.81. The second-order valence-electron chi connectivity index (χ2n) is 4.40. The van der Waals surface area contributed by atoms with Crippen LogP contribution < -0.4 is 10.5 Å². The Morgan fingerprint density at radius 3 is 2.67 bits per heavy atom. The summed E-state index contributed by atoms with van der Waals surface area (Å²) in [5, 5.41) is 0. The lowest BCUT2D eigenvalue weighted by Gasteiger charge is -2.17. The Labute approximate surface area is 114 Å². The second-order valence-corrected chi connectivity index (χ2v) is 7.00. The number of hydrogen-bond acceptors (Lipinski definition) is 3. The number of sulfonamides is 1. The quantitative estimate of drug-likeness (QED) is 0.883. The Hall–Kier alpha value is -0.500. The molecule has 0 heterocycles. The van der Waals surface area contributed by atoms with Crippen LogP contribution in [-0.4, -0.2) is 20.5 Å². The minimum Gasteiger partial charge on any atom is -0.326 e. The largest absolute Gasteiger partial charge is 0.326 e. The van der Waals surface area contributed by atoms with E-state index in [4.69, 9.17) is 5.73 Å². The molecule has 0 aliphatic heterocycles. The van der Waals surface area contributed by atoms with E-state index in [9.17, 15) is 12.8 Å². The second kappa shape index (κ2) is 5.24. The zero-order chi connectivity index (χ0) is 13.3. The summed E-state index contributed by atoms with van der Waals surface area (Å²) in [6.07, 6.45) is 2.37. The Bertz CT molecular complexity index is 550. The van der Waals surface area contributed by atoms with Crippen molar-refractivity contribution < 1.29 is 12.8 Å². The SMILES string of the molecule is NC1CCCC1NS(=O)(=O)c1ccc(Br)cc1F. The molecule has 0 spiro atoms. The van der Waals surface area contributed by atoms with E-state index in [1.807, 2.05) is 0 Å². The Kier molecular flexibility index (Phi) is 4.05. The standard InChI is InChI=1S/C11H14BrFN2O2S/c12-7-4-5-11(8(13)6-7)18(16,17)15-10-3-1-2-9(10)14/h4-6,9-10,15H,1-3,14H2. The highest BCUT2D eigenvalue weighted by Gasteiger charge is 2.30. The van der Waals surface area contributed by atoms with Crippen molar-refractivity contribution in [3.8, 4) is 0 Å². The molecule has 3 N–H and O–H groups in total. The summed E-state index contributed by atoms with van der Waals surface area (Å²) in [5.41, 5.74) is 5.80. The minimum absolute atomic E-state index is 0.196. The molecule has 1 aliphatic rings. The first-order chi connectivity index (χ1) is 8.40. The molecule has 0 radical (unpaired) electrons. The highest BCUT2D eigenvalue weighted by atomic mass is 79.9. The number of rotatable bonds is 3. The molecule has 1 aliphatic carbocycles. The van der Waals surface area contributed by atoms with E-state index in [0.29, 0.717) is 10.9 Å². The van der Waals surface area contributed by atoms with E-state index >= 15 is 0 Å². The Balaban J connectivity index is 2.25. The predicted molar refractivity (Wildman–Crippen MR) is 70.0 cm³/mol. The van der Waals surface area contributed by atoms with Crippen LogP contribution in [0.1, 0.15) is 19.3 Å². The molecule has 18 heavy (non-hydrogen) atoms. The maximum Gasteiger partial charge on any atom is 0.243 e. The number of hydrogen-bond donors (Lipinski definition) is 2. The molecule has 0 aromatic heterocycles. The summed E-state index contributed by atoms with van der Waals surface area (Å²) in [5.74, 6) is -0.775. The number of nitrogens with two attached hydrogens (primary N) is 1. The van der Waals surface area contributed by atoms with Gasteiger partial charge in [-0.3, -0.25) is 0 Å². The van der Waals surface area contributed by atoms with E-state index in [2.05, 4.69) is 20.7 Å². The van der Waals surface area contributed by atoms with Gasteiger partial charge in [0.15, 0.2) is 0 Å². The van der Waals surface area contributed by atoms with Gasteiger partial charge in [0.2, 0.25) is 10.0 Å². The Morgan fingerprint density at radius 2 is 2.11 bits per heavy atom. The first kappa shape index (κ1) is 13.9. The summed E-state index contributed by atoms with van der Waals surface area (Å²) < 4.78 is 40.7. The van der Waals surface area contributed by atoms with Crippen LogP contribution in [0.15, 0.2) is 27.6 Å². The fourth-order valence-electron chi connectivity index (χ4n) is 2.09. The van der Waals surface area contributed by atoms with Gasteiger partial charge in [-0.05, 0) is 31.0 Å². The van der Waals surface area contributed by atoms with Crippen molar-refractivity contribution in [3.05, 3.63) is 28.5 Å². The first-order valence-electron chi connectivity index (χ1n) is 5.63. The number of benzene rings is 1. The molecule has 2 unspecified atom stereocenters. The van der Waals surface area contributed by atoms with Crippen LogP contribution in [0, 0.1) is 5.82 Å². The summed E-state index contributed by atoms with van der Waals surface area (Å²) in [7, 11) is -3.85. The summed E-state index contributed by atoms with van der Waals surface area (Å²) >= 11 is 3.09. The van der Waals surface area contributed by atoms with Crippen LogP contribution in [-0.2, 0) is 10.0 Å². The third kappa shape index (κ3) is 2.90. The lowest BCUT2D eigenvalue weighted by Crippen LogP contribution is -2.44. The van der Waals surface area contributed by atoms with Crippen LogP contribution >= 0.6 is 15.9 Å². The normalized spacial score (nSPS) is 24.4. The van der Waals surface area contributed by atoms with Gasteiger partial charge in [0.05, 0.1) is 0 Å². The molecule has 2 rings (SSSR count). The van der Waals surface area contributed by atoms with Gasteiger partial charge in [0, 0.05) is 16.6 Å². The molecule has 1 saturated carbocycles. The molecular formula is C11H14BrFN2O2S. The predicted octanol–water partition coefficient (Wildman–Crippen LogP) is 1.75. The molecule has 1 aromatic rings. The first-order valence-corrected chi connectivity index (χ1v) is 7.91. The molecule has 0 bridgehead atoms. The number of nitrogens with one attached hydrogen (secondary N) is 1. The van der Waals surface area contributed by atoms with E-state index < -0.39 is 15.8 Å². The third-order valence-electron chi connectivity index (χ3n) is 3.06. The summed E-state index contributed by atoms with van der Waals surface area (Å²) in [4.78, 5) is -0.343. The Morgan fingerprint density at radius 1 is 1.39 bits per heavy atom. The molecule has 0 saturated heterocycles. The van der Waals surface area contributed by atoms with Gasteiger partial charge < -0.3 is 5.73 Å². The number of halogens is 2. The van der Waals surface area contributed by atoms with Crippen molar-refractivity contribution in [1.82, 2.24) is 4.72 Å². The molecule has 7 heteroatoms. The smallest absolute Gasteiger partial charge is 0.243 e. The molecule has 0 amide bonds. The van der Waals surface area contributed by atoms with Crippen molar-refractivity contribution in [1.29, 1.82) is 0 Å². The molecule has 1 fully saturated rings. The van der Waals surface area contributed by atoms with Crippen molar-refractivity contribution in [2.75, 3.05) is 0 Å². The van der Waals surface area contributed by atoms with Crippen LogP contribution in [0.3, 0.4) is 0 Å². The monoisotopic (exact) mass is 336 g/mol. The van der Waals surface area contributed by atoms with Gasteiger partial charge in [-0.25, -0.2) is 17.5 Å². The zero-order valence-electron chi connectivity index (χ0n) is 9.57. The van der Waals surface area contributed by atoms with Crippen molar-refractivity contribution >= 4 is 26.0 Å². The van der Waals surface area contributed by atoms with Crippen LogP contribution in [0.25, 0.3) is 0 Å². The molecular weight excluding hydrogens is 323 g/mol. The fraction of sp³-hybridized carbons (Fsp3) is 0.455.